The highest BCUT2D eigenvalue weighted by Gasteiger charge is 2.11. The summed E-state index contributed by atoms with van der Waals surface area (Å²) in [5, 5.41) is 18.8. The Morgan fingerprint density at radius 3 is 1.36 bits per heavy atom. The summed E-state index contributed by atoms with van der Waals surface area (Å²) in [4.78, 5) is 2.18. The van der Waals surface area contributed by atoms with Gasteiger partial charge in [0.05, 0.1) is 11.1 Å². The maximum Gasteiger partial charge on any atom is 0.101 e. The van der Waals surface area contributed by atoms with E-state index in [-0.39, 0.29) is 0 Å². The third-order valence-electron chi connectivity index (χ3n) is 4.31. The van der Waals surface area contributed by atoms with E-state index in [1.54, 1.807) is 23.5 Å². The molecular formula is C24H20N2S2. The van der Waals surface area contributed by atoms with E-state index in [1.165, 1.54) is 11.1 Å². The number of hydrogen-bond acceptors (Lipinski definition) is 4. The smallest absolute Gasteiger partial charge is 0.101 e. The van der Waals surface area contributed by atoms with Crippen molar-refractivity contribution in [2.24, 2.45) is 0 Å². The molecule has 0 aromatic heterocycles. The first kappa shape index (κ1) is 20.1. The molecule has 0 atom stereocenters. The molecule has 3 aromatic rings. The van der Waals surface area contributed by atoms with Crippen molar-refractivity contribution in [3.05, 3.63) is 95.1 Å². The largest absolute Gasteiger partial charge is 0.192 e. The fraction of sp³-hybridized carbons (Fsp3) is 0.167. The zero-order valence-corrected chi connectivity index (χ0v) is 17.1. The van der Waals surface area contributed by atoms with Crippen LogP contribution in [-0.4, -0.2) is 11.5 Å². The highest BCUT2D eigenvalue weighted by Crippen LogP contribution is 2.34. The molecule has 0 aliphatic carbocycles. The van der Waals surface area contributed by atoms with E-state index < -0.39 is 0 Å². The molecule has 0 radical (unpaired) electrons. The summed E-state index contributed by atoms with van der Waals surface area (Å²) < 4.78 is 0. The topological polar surface area (TPSA) is 47.6 Å². The van der Waals surface area contributed by atoms with Crippen LogP contribution in [0, 0.1) is 22.7 Å². The van der Waals surface area contributed by atoms with Crippen LogP contribution in [0.15, 0.2) is 82.6 Å². The van der Waals surface area contributed by atoms with Crippen LogP contribution in [-0.2, 0) is 12.8 Å². The van der Waals surface area contributed by atoms with Crippen LogP contribution >= 0.6 is 23.5 Å². The Labute approximate surface area is 175 Å². The minimum absolute atomic E-state index is 0.456. The lowest BCUT2D eigenvalue weighted by Crippen LogP contribution is -1.94. The lowest BCUT2D eigenvalue weighted by atomic mass is 10.1. The lowest BCUT2D eigenvalue weighted by Gasteiger charge is -2.11. The predicted molar refractivity (Wildman–Crippen MR) is 118 cm³/mol. The van der Waals surface area contributed by atoms with Crippen LogP contribution in [0.2, 0.25) is 0 Å². The third-order valence-corrected chi connectivity index (χ3v) is 6.55. The minimum Gasteiger partial charge on any atom is -0.192 e. The number of rotatable bonds is 8. The van der Waals surface area contributed by atoms with Crippen LogP contribution in [0.1, 0.15) is 22.3 Å². The first-order chi connectivity index (χ1) is 13.8. The number of aryl methyl sites for hydroxylation is 2. The van der Waals surface area contributed by atoms with Gasteiger partial charge in [0.25, 0.3) is 0 Å². The molecule has 0 heterocycles. The van der Waals surface area contributed by atoms with E-state index in [0.29, 0.717) is 11.1 Å². The molecule has 0 spiro atoms. The van der Waals surface area contributed by atoms with Gasteiger partial charge in [-0.15, -0.1) is 23.5 Å². The SMILES string of the molecule is N#Cc1cc(SCCc2ccccc2)c(SCCc2ccccc2)cc1C#N. The summed E-state index contributed by atoms with van der Waals surface area (Å²) in [7, 11) is 0. The second-order valence-corrected chi connectivity index (χ2v) is 8.51. The number of nitrogens with zero attached hydrogens (tertiary/aromatic N) is 2. The van der Waals surface area contributed by atoms with E-state index in [1.807, 2.05) is 24.3 Å². The molecule has 3 aromatic carbocycles. The van der Waals surface area contributed by atoms with Crippen LogP contribution in [0.25, 0.3) is 0 Å². The lowest BCUT2D eigenvalue weighted by molar-refractivity contribution is 1.13. The molecule has 0 aliphatic rings. The van der Waals surface area contributed by atoms with E-state index >= 15 is 0 Å². The van der Waals surface area contributed by atoms with E-state index in [0.717, 1.165) is 34.1 Å². The summed E-state index contributed by atoms with van der Waals surface area (Å²) in [6, 6.07) is 28.9. The fourth-order valence-corrected chi connectivity index (χ4v) is 5.09. The van der Waals surface area contributed by atoms with Crippen molar-refractivity contribution in [2.45, 2.75) is 22.6 Å². The third kappa shape index (κ3) is 5.67. The van der Waals surface area contributed by atoms with Crippen molar-refractivity contribution in [3.63, 3.8) is 0 Å². The van der Waals surface area contributed by atoms with Crippen LogP contribution in [0.5, 0.6) is 0 Å². The van der Waals surface area contributed by atoms with Gasteiger partial charge in [-0.25, -0.2) is 0 Å². The first-order valence-corrected chi connectivity index (χ1v) is 11.1. The minimum atomic E-state index is 0.456. The number of hydrogen-bond donors (Lipinski definition) is 0. The molecule has 0 saturated heterocycles. The highest BCUT2D eigenvalue weighted by molar-refractivity contribution is 8.02. The van der Waals surface area contributed by atoms with Crippen LogP contribution < -0.4 is 0 Å². The zero-order valence-electron chi connectivity index (χ0n) is 15.5. The van der Waals surface area contributed by atoms with Gasteiger partial charge in [0.15, 0.2) is 0 Å². The normalized spacial score (nSPS) is 10.2. The predicted octanol–water partition coefficient (Wildman–Crippen LogP) is 6.10. The number of nitriles is 2. The molecule has 2 nitrogen and oxygen atoms in total. The van der Waals surface area contributed by atoms with Gasteiger partial charge in [-0.05, 0) is 36.1 Å². The molecule has 28 heavy (non-hydrogen) atoms. The van der Waals surface area contributed by atoms with Gasteiger partial charge < -0.3 is 0 Å². The Hall–Kier alpha value is -2.66. The highest BCUT2D eigenvalue weighted by atomic mass is 32.2. The molecular weight excluding hydrogens is 380 g/mol. The molecule has 0 aliphatic heterocycles. The van der Waals surface area contributed by atoms with Gasteiger partial charge in [0.2, 0.25) is 0 Å². The average Bonchev–Trinajstić information content (AvgIpc) is 2.75. The Morgan fingerprint density at radius 2 is 1.00 bits per heavy atom. The monoisotopic (exact) mass is 400 g/mol. The van der Waals surface area contributed by atoms with Crippen molar-refractivity contribution in [3.8, 4) is 12.1 Å². The molecule has 0 saturated carbocycles. The van der Waals surface area contributed by atoms with Gasteiger partial charge in [-0.2, -0.15) is 10.5 Å². The summed E-state index contributed by atoms with van der Waals surface area (Å²) in [5.74, 6) is 1.88. The van der Waals surface area contributed by atoms with Crippen LogP contribution in [0.3, 0.4) is 0 Å². The molecule has 138 valence electrons. The van der Waals surface area contributed by atoms with Crippen molar-refractivity contribution < 1.29 is 0 Å². The van der Waals surface area contributed by atoms with Crippen molar-refractivity contribution in [1.82, 2.24) is 0 Å². The Balaban J connectivity index is 1.70. The average molecular weight is 401 g/mol. The maximum absolute atomic E-state index is 9.38. The van der Waals surface area contributed by atoms with Crippen molar-refractivity contribution in [2.75, 3.05) is 11.5 Å². The van der Waals surface area contributed by atoms with Gasteiger partial charge in [0, 0.05) is 21.3 Å². The molecule has 4 heteroatoms. The molecule has 0 amide bonds. The molecule has 0 fully saturated rings. The van der Waals surface area contributed by atoms with E-state index in [9.17, 15) is 10.5 Å². The molecule has 0 N–H and O–H groups in total. The fourth-order valence-electron chi connectivity index (χ4n) is 2.82. The summed E-state index contributed by atoms with van der Waals surface area (Å²) in [5.41, 5.74) is 3.53. The van der Waals surface area contributed by atoms with Gasteiger partial charge in [0.1, 0.15) is 12.1 Å². The van der Waals surface area contributed by atoms with Gasteiger partial charge in [-0.1, -0.05) is 60.7 Å². The van der Waals surface area contributed by atoms with E-state index in [4.69, 9.17) is 0 Å². The van der Waals surface area contributed by atoms with Gasteiger partial charge >= 0.3 is 0 Å². The second-order valence-electron chi connectivity index (χ2n) is 6.24. The molecule has 0 bridgehead atoms. The van der Waals surface area contributed by atoms with Crippen molar-refractivity contribution in [1.29, 1.82) is 10.5 Å². The maximum atomic E-state index is 9.38. The first-order valence-electron chi connectivity index (χ1n) is 9.12. The summed E-state index contributed by atoms with van der Waals surface area (Å²) in [6.45, 7) is 0. The standard InChI is InChI=1S/C24H20N2S2/c25-17-21-15-23(27-13-11-19-7-3-1-4-8-19)24(16-22(21)18-26)28-14-12-20-9-5-2-6-10-20/h1-10,15-16H,11-14H2. The summed E-state index contributed by atoms with van der Waals surface area (Å²) in [6.07, 6.45) is 1.95. The Morgan fingerprint density at radius 1 is 0.607 bits per heavy atom. The van der Waals surface area contributed by atoms with Gasteiger partial charge in [-0.3, -0.25) is 0 Å². The zero-order chi connectivity index (χ0) is 19.6. The molecule has 3 rings (SSSR count). The second kappa shape index (κ2) is 10.6. The van der Waals surface area contributed by atoms with Crippen LogP contribution in [0.4, 0.5) is 0 Å². The number of thioether (sulfide) groups is 2. The van der Waals surface area contributed by atoms with E-state index in [2.05, 4.69) is 60.7 Å². The quantitative estimate of drug-likeness (QED) is 0.429. The Bertz CT molecular complexity index is 904. The Kier molecular flexibility index (Phi) is 7.62. The molecule has 0 unspecified atom stereocenters. The number of benzene rings is 3. The van der Waals surface area contributed by atoms with Crippen molar-refractivity contribution >= 4 is 23.5 Å². The summed E-state index contributed by atoms with van der Waals surface area (Å²) >= 11 is 3.51.